The van der Waals surface area contributed by atoms with E-state index in [2.05, 4.69) is 29.8 Å². The van der Waals surface area contributed by atoms with Gasteiger partial charge >= 0.3 is 0 Å². The van der Waals surface area contributed by atoms with E-state index >= 15 is 0 Å². The first-order chi connectivity index (χ1) is 15.6. The molecule has 0 aromatic heterocycles. The molecule has 0 bridgehead atoms. The summed E-state index contributed by atoms with van der Waals surface area (Å²) in [6.07, 6.45) is 8.26. The van der Waals surface area contributed by atoms with Crippen LogP contribution in [0.1, 0.15) is 65.2 Å². The van der Waals surface area contributed by atoms with Crippen molar-refractivity contribution in [1.29, 1.82) is 0 Å². The Labute approximate surface area is 192 Å². The Morgan fingerprint density at radius 3 is 2.19 bits per heavy atom. The van der Waals surface area contributed by atoms with Gasteiger partial charge in [0, 0.05) is 23.5 Å². The number of rotatable bonds is 15. The summed E-state index contributed by atoms with van der Waals surface area (Å²) in [7, 11) is 0. The van der Waals surface area contributed by atoms with Crippen LogP contribution in [0, 0.1) is 0 Å². The minimum atomic E-state index is -0.146. The molecule has 32 heavy (non-hydrogen) atoms. The molecule has 3 N–H and O–H groups in total. The number of nitrogens with one attached hydrogen (secondary N) is 3. The SMILES string of the molecule is CCCCCCOc1ccc(NC(=O)CNc2cccc(NC(=O)CCCCC)c2)cc1. The molecule has 0 saturated carbocycles. The molecule has 0 aliphatic rings. The van der Waals surface area contributed by atoms with E-state index in [-0.39, 0.29) is 18.4 Å². The van der Waals surface area contributed by atoms with Gasteiger partial charge in [0.15, 0.2) is 0 Å². The summed E-state index contributed by atoms with van der Waals surface area (Å²) in [5.41, 5.74) is 2.23. The fraction of sp³-hybridized carbons (Fsp3) is 0.462. The molecule has 0 aliphatic heterocycles. The number of hydrogen-bond donors (Lipinski definition) is 3. The first-order valence-corrected chi connectivity index (χ1v) is 11.8. The summed E-state index contributed by atoms with van der Waals surface area (Å²) in [6, 6.07) is 14.8. The second-order valence-corrected chi connectivity index (χ2v) is 7.92. The molecule has 2 aromatic carbocycles. The third kappa shape index (κ3) is 10.3. The molecule has 174 valence electrons. The number of anilines is 3. The van der Waals surface area contributed by atoms with Gasteiger partial charge in [-0.2, -0.15) is 0 Å². The smallest absolute Gasteiger partial charge is 0.243 e. The van der Waals surface area contributed by atoms with Crippen molar-refractivity contribution in [1.82, 2.24) is 0 Å². The summed E-state index contributed by atoms with van der Waals surface area (Å²) in [6.45, 7) is 5.15. The fourth-order valence-corrected chi connectivity index (χ4v) is 3.21. The van der Waals surface area contributed by atoms with Crippen LogP contribution in [0.3, 0.4) is 0 Å². The highest BCUT2D eigenvalue weighted by atomic mass is 16.5. The Balaban J connectivity index is 1.73. The number of benzene rings is 2. The van der Waals surface area contributed by atoms with Crippen LogP contribution in [0.2, 0.25) is 0 Å². The van der Waals surface area contributed by atoms with E-state index in [1.165, 1.54) is 19.3 Å². The van der Waals surface area contributed by atoms with Crippen LogP contribution in [-0.4, -0.2) is 25.0 Å². The molecule has 0 radical (unpaired) electrons. The predicted molar refractivity (Wildman–Crippen MR) is 132 cm³/mol. The lowest BCUT2D eigenvalue weighted by Crippen LogP contribution is -2.21. The summed E-state index contributed by atoms with van der Waals surface area (Å²) >= 11 is 0. The Morgan fingerprint density at radius 1 is 0.750 bits per heavy atom. The third-order valence-corrected chi connectivity index (χ3v) is 5.01. The summed E-state index contributed by atoms with van der Waals surface area (Å²) in [5.74, 6) is 0.681. The van der Waals surface area contributed by atoms with Crippen molar-refractivity contribution in [3.8, 4) is 5.75 Å². The first kappa shape index (κ1) is 25.2. The second kappa shape index (κ2) is 14.9. The van der Waals surface area contributed by atoms with E-state index in [0.29, 0.717) is 13.0 Å². The monoisotopic (exact) mass is 439 g/mol. The van der Waals surface area contributed by atoms with Gasteiger partial charge in [-0.15, -0.1) is 0 Å². The molecule has 2 rings (SSSR count). The van der Waals surface area contributed by atoms with E-state index in [1.807, 2.05) is 48.5 Å². The Bertz CT molecular complexity index is 821. The molecule has 0 aliphatic carbocycles. The standard InChI is InChI=1S/C26H37N3O3/c1-3-5-7-9-18-32-24-16-14-21(15-17-24)28-26(31)20-27-22-11-10-12-23(19-22)29-25(30)13-8-6-4-2/h10-12,14-17,19,27H,3-9,13,18,20H2,1-2H3,(H,28,31)(H,29,30). The topological polar surface area (TPSA) is 79.5 Å². The minimum absolute atomic E-state index is 0.0155. The van der Waals surface area contributed by atoms with Crippen molar-refractivity contribution >= 4 is 28.9 Å². The van der Waals surface area contributed by atoms with Crippen molar-refractivity contribution in [2.75, 3.05) is 29.1 Å². The van der Waals surface area contributed by atoms with Crippen molar-refractivity contribution in [3.63, 3.8) is 0 Å². The lowest BCUT2D eigenvalue weighted by molar-refractivity contribution is -0.116. The zero-order chi connectivity index (χ0) is 23.0. The number of hydrogen-bond acceptors (Lipinski definition) is 4. The van der Waals surface area contributed by atoms with Crippen molar-refractivity contribution in [2.24, 2.45) is 0 Å². The van der Waals surface area contributed by atoms with E-state index in [4.69, 9.17) is 4.74 Å². The van der Waals surface area contributed by atoms with Crippen LogP contribution in [-0.2, 0) is 9.59 Å². The lowest BCUT2D eigenvalue weighted by atomic mass is 10.2. The quantitative estimate of drug-likeness (QED) is 0.288. The predicted octanol–water partition coefficient (Wildman–Crippen LogP) is 6.22. The van der Waals surface area contributed by atoms with Crippen molar-refractivity contribution in [3.05, 3.63) is 48.5 Å². The highest BCUT2D eigenvalue weighted by molar-refractivity contribution is 5.94. The lowest BCUT2D eigenvalue weighted by Gasteiger charge is -2.11. The van der Waals surface area contributed by atoms with Gasteiger partial charge in [-0.3, -0.25) is 9.59 Å². The Hall–Kier alpha value is -3.02. The summed E-state index contributed by atoms with van der Waals surface area (Å²) in [5, 5.41) is 8.88. The van der Waals surface area contributed by atoms with Gasteiger partial charge < -0.3 is 20.7 Å². The van der Waals surface area contributed by atoms with Gasteiger partial charge in [0.2, 0.25) is 11.8 Å². The molecular formula is C26H37N3O3. The maximum atomic E-state index is 12.3. The van der Waals surface area contributed by atoms with E-state index in [1.54, 1.807) is 0 Å². The normalized spacial score (nSPS) is 10.4. The summed E-state index contributed by atoms with van der Waals surface area (Å²) < 4.78 is 5.73. The Morgan fingerprint density at radius 2 is 1.44 bits per heavy atom. The average molecular weight is 440 g/mol. The zero-order valence-corrected chi connectivity index (χ0v) is 19.4. The van der Waals surface area contributed by atoms with Crippen LogP contribution in [0.4, 0.5) is 17.1 Å². The van der Waals surface area contributed by atoms with Crippen LogP contribution in [0.15, 0.2) is 48.5 Å². The molecule has 6 nitrogen and oxygen atoms in total. The first-order valence-electron chi connectivity index (χ1n) is 11.8. The molecule has 0 unspecified atom stereocenters. The van der Waals surface area contributed by atoms with Gasteiger partial charge in [0.25, 0.3) is 0 Å². The van der Waals surface area contributed by atoms with Crippen LogP contribution in [0.5, 0.6) is 5.75 Å². The molecule has 2 amide bonds. The Kier molecular flexibility index (Phi) is 11.7. The number of ether oxygens (including phenoxy) is 1. The number of carbonyl (C=O) groups is 2. The number of amides is 2. The third-order valence-electron chi connectivity index (χ3n) is 5.01. The van der Waals surface area contributed by atoms with Gasteiger partial charge in [0.1, 0.15) is 5.75 Å². The number of carbonyl (C=O) groups excluding carboxylic acids is 2. The molecular weight excluding hydrogens is 402 g/mol. The zero-order valence-electron chi connectivity index (χ0n) is 19.4. The van der Waals surface area contributed by atoms with Gasteiger partial charge in [0.05, 0.1) is 13.2 Å². The van der Waals surface area contributed by atoms with Crippen LogP contribution >= 0.6 is 0 Å². The van der Waals surface area contributed by atoms with Gasteiger partial charge in [-0.05, 0) is 55.3 Å². The van der Waals surface area contributed by atoms with Gasteiger partial charge in [-0.25, -0.2) is 0 Å². The molecule has 2 aromatic rings. The fourth-order valence-electron chi connectivity index (χ4n) is 3.21. The highest BCUT2D eigenvalue weighted by Gasteiger charge is 2.05. The second-order valence-electron chi connectivity index (χ2n) is 7.92. The van der Waals surface area contributed by atoms with Crippen molar-refractivity contribution < 1.29 is 14.3 Å². The van der Waals surface area contributed by atoms with E-state index in [9.17, 15) is 9.59 Å². The molecule has 0 saturated heterocycles. The highest BCUT2D eigenvalue weighted by Crippen LogP contribution is 2.17. The molecule has 6 heteroatoms. The average Bonchev–Trinajstić information content (AvgIpc) is 2.79. The van der Waals surface area contributed by atoms with Gasteiger partial charge in [-0.1, -0.05) is 52.0 Å². The maximum absolute atomic E-state index is 12.3. The van der Waals surface area contributed by atoms with Crippen molar-refractivity contribution in [2.45, 2.75) is 65.2 Å². The van der Waals surface area contributed by atoms with Crippen LogP contribution < -0.4 is 20.7 Å². The molecule has 0 fully saturated rings. The minimum Gasteiger partial charge on any atom is -0.494 e. The largest absolute Gasteiger partial charge is 0.494 e. The van der Waals surface area contributed by atoms with Crippen LogP contribution in [0.25, 0.3) is 0 Å². The maximum Gasteiger partial charge on any atom is 0.243 e. The van der Waals surface area contributed by atoms with E-state index < -0.39 is 0 Å². The molecule has 0 heterocycles. The summed E-state index contributed by atoms with van der Waals surface area (Å²) in [4.78, 5) is 24.3. The molecule has 0 spiro atoms. The molecule has 0 atom stereocenters. The van der Waals surface area contributed by atoms with E-state index in [0.717, 1.165) is 48.5 Å². The number of unbranched alkanes of at least 4 members (excludes halogenated alkanes) is 5.